The summed E-state index contributed by atoms with van der Waals surface area (Å²) in [6.45, 7) is 1.19. The fraction of sp³-hybridized carbons (Fsp3) is 0.188. The van der Waals surface area contributed by atoms with Crippen molar-refractivity contribution in [3.63, 3.8) is 0 Å². The highest BCUT2D eigenvalue weighted by Crippen LogP contribution is 2.23. The Morgan fingerprint density at radius 1 is 1.29 bits per heavy atom. The molecule has 2 N–H and O–H groups in total. The standard InChI is InChI=1S/C16H14BrFN2O/c17-14-4-3-13(18)7-12(14)9-20-16(21)11-2-1-10-5-6-19-15(10)8-11/h1-4,7-8,19H,5-6,9H2,(H,20,21). The maximum absolute atomic E-state index is 13.2. The van der Waals surface area contributed by atoms with E-state index in [1.807, 2.05) is 18.2 Å². The number of nitrogens with one attached hydrogen (secondary N) is 2. The van der Waals surface area contributed by atoms with Gasteiger partial charge in [0.05, 0.1) is 0 Å². The van der Waals surface area contributed by atoms with Gasteiger partial charge in [-0.1, -0.05) is 22.0 Å². The average Bonchev–Trinajstić information content (AvgIpc) is 2.95. The van der Waals surface area contributed by atoms with Gasteiger partial charge in [-0.2, -0.15) is 0 Å². The summed E-state index contributed by atoms with van der Waals surface area (Å²) in [5, 5.41) is 6.06. The van der Waals surface area contributed by atoms with Crippen LogP contribution in [0.5, 0.6) is 0 Å². The summed E-state index contributed by atoms with van der Waals surface area (Å²) >= 11 is 3.35. The van der Waals surface area contributed by atoms with Crippen LogP contribution < -0.4 is 10.6 Å². The van der Waals surface area contributed by atoms with E-state index in [2.05, 4.69) is 26.6 Å². The smallest absolute Gasteiger partial charge is 0.251 e. The molecule has 2 aromatic rings. The fourth-order valence-electron chi connectivity index (χ4n) is 2.39. The van der Waals surface area contributed by atoms with Crippen LogP contribution >= 0.6 is 15.9 Å². The summed E-state index contributed by atoms with van der Waals surface area (Å²) < 4.78 is 14.0. The Labute approximate surface area is 130 Å². The first-order valence-corrected chi connectivity index (χ1v) is 7.52. The van der Waals surface area contributed by atoms with E-state index in [9.17, 15) is 9.18 Å². The summed E-state index contributed by atoms with van der Waals surface area (Å²) in [5.41, 5.74) is 3.58. The molecule has 0 fully saturated rings. The molecule has 1 aliphatic heterocycles. The number of amides is 1. The second-order valence-corrected chi connectivity index (χ2v) is 5.82. The summed E-state index contributed by atoms with van der Waals surface area (Å²) in [7, 11) is 0. The summed E-state index contributed by atoms with van der Waals surface area (Å²) in [6, 6.07) is 10.1. The first kappa shape index (κ1) is 14.1. The maximum Gasteiger partial charge on any atom is 0.251 e. The summed E-state index contributed by atoms with van der Waals surface area (Å²) in [5.74, 6) is -0.480. The Morgan fingerprint density at radius 2 is 2.14 bits per heavy atom. The van der Waals surface area contributed by atoms with Gasteiger partial charge in [-0.05, 0) is 47.9 Å². The van der Waals surface area contributed by atoms with Crippen LogP contribution in [0.2, 0.25) is 0 Å². The molecule has 1 aliphatic rings. The highest BCUT2D eigenvalue weighted by molar-refractivity contribution is 9.10. The van der Waals surface area contributed by atoms with E-state index in [0.29, 0.717) is 11.1 Å². The molecular formula is C16H14BrFN2O. The van der Waals surface area contributed by atoms with E-state index in [1.54, 1.807) is 6.07 Å². The molecule has 0 saturated heterocycles. The molecule has 3 nitrogen and oxygen atoms in total. The lowest BCUT2D eigenvalue weighted by atomic mass is 10.1. The van der Waals surface area contributed by atoms with Gasteiger partial charge in [-0.3, -0.25) is 4.79 Å². The van der Waals surface area contributed by atoms with Crippen LogP contribution in [0.3, 0.4) is 0 Å². The molecule has 3 rings (SSSR count). The van der Waals surface area contributed by atoms with Gasteiger partial charge in [-0.25, -0.2) is 4.39 Å². The van der Waals surface area contributed by atoms with Gasteiger partial charge in [0.25, 0.3) is 5.91 Å². The Kier molecular flexibility index (Phi) is 3.92. The molecular weight excluding hydrogens is 335 g/mol. The highest BCUT2D eigenvalue weighted by atomic mass is 79.9. The second-order valence-electron chi connectivity index (χ2n) is 4.97. The van der Waals surface area contributed by atoms with Gasteiger partial charge in [0, 0.05) is 28.8 Å². The number of hydrogen-bond acceptors (Lipinski definition) is 2. The number of carbonyl (C=O) groups is 1. The lowest BCUT2D eigenvalue weighted by Gasteiger charge is -2.09. The van der Waals surface area contributed by atoms with Crippen LogP contribution in [-0.2, 0) is 13.0 Å². The van der Waals surface area contributed by atoms with Gasteiger partial charge in [-0.15, -0.1) is 0 Å². The van der Waals surface area contributed by atoms with Crippen LogP contribution in [-0.4, -0.2) is 12.5 Å². The number of carbonyl (C=O) groups excluding carboxylic acids is 1. The molecule has 0 atom stereocenters. The van der Waals surface area contributed by atoms with E-state index in [0.717, 1.165) is 23.1 Å². The Morgan fingerprint density at radius 3 is 3.00 bits per heavy atom. The van der Waals surface area contributed by atoms with Crippen molar-refractivity contribution in [2.45, 2.75) is 13.0 Å². The third-order valence-electron chi connectivity index (χ3n) is 3.53. The Balaban J connectivity index is 1.70. The van der Waals surface area contributed by atoms with E-state index >= 15 is 0 Å². The minimum absolute atomic E-state index is 0.164. The van der Waals surface area contributed by atoms with E-state index in [4.69, 9.17) is 0 Å². The Bertz CT molecular complexity index is 703. The molecule has 0 unspecified atom stereocenters. The van der Waals surface area contributed by atoms with Gasteiger partial charge in [0.2, 0.25) is 0 Å². The molecule has 1 heterocycles. The van der Waals surface area contributed by atoms with E-state index < -0.39 is 0 Å². The lowest BCUT2D eigenvalue weighted by Crippen LogP contribution is -2.23. The van der Waals surface area contributed by atoms with Crippen molar-refractivity contribution < 1.29 is 9.18 Å². The normalized spacial score (nSPS) is 12.7. The molecule has 5 heteroatoms. The summed E-state index contributed by atoms with van der Waals surface area (Å²) in [6.07, 6.45) is 0.994. The van der Waals surface area contributed by atoms with Gasteiger partial charge in [0.15, 0.2) is 0 Å². The molecule has 1 amide bonds. The number of hydrogen-bond donors (Lipinski definition) is 2. The monoisotopic (exact) mass is 348 g/mol. The minimum Gasteiger partial charge on any atom is -0.384 e. The lowest BCUT2D eigenvalue weighted by molar-refractivity contribution is 0.0951. The first-order valence-electron chi connectivity index (χ1n) is 6.72. The second kappa shape index (κ2) is 5.85. The quantitative estimate of drug-likeness (QED) is 0.891. The molecule has 2 aromatic carbocycles. The number of anilines is 1. The SMILES string of the molecule is O=C(NCc1cc(F)ccc1Br)c1ccc2c(c1)NCC2. The van der Waals surface area contributed by atoms with Crippen LogP contribution in [0, 0.1) is 5.82 Å². The van der Waals surface area contributed by atoms with Crippen LogP contribution in [0.4, 0.5) is 10.1 Å². The predicted molar refractivity (Wildman–Crippen MR) is 83.9 cm³/mol. The molecule has 0 spiro atoms. The zero-order chi connectivity index (χ0) is 14.8. The number of benzene rings is 2. The van der Waals surface area contributed by atoms with Crippen LogP contribution in [0.1, 0.15) is 21.5 Å². The van der Waals surface area contributed by atoms with E-state index in [-0.39, 0.29) is 18.3 Å². The van der Waals surface area contributed by atoms with Crippen molar-refractivity contribution in [1.82, 2.24) is 5.32 Å². The van der Waals surface area contributed by atoms with Crippen molar-refractivity contribution in [3.05, 3.63) is 63.4 Å². The van der Waals surface area contributed by atoms with Crippen molar-refractivity contribution in [1.29, 1.82) is 0 Å². The molecule has 108 valence electrons. The first-order chi connectivity index (χ1) is 10.1. The van der Waals surface area contributed by atoms with Gasteiger partial charge < -0.3 is 10.6 Å². The predicted octanol–water partition coefficient (Wildman–Crippen LogP) is 3.49. The molecule has 0 aliphatic carbocycles. The van der Waals surface area contributed by atoms with Crippen molar-refractivity contribution in [2.24, 2.45) is 0 Å². The van der Waals surface area contributed by atoms with Crippen molar-refractivity contribution in [2.75, 3.05) is 11.9 Å². The largest absolute Gasteiger partial charge is 0.384 e. The molecule has 0 saturated carbocycles. The van der Waals surface area contributed by atoms with E-state index in [1.165, 1.54) is 17.7 Å². The van der Waals surface area contributed by atoms with Crippen molar-refractivity contribution >= 4 is 27.5 Å². The van der Waals surface area contributed by atoms with Crippen LogP contribution in [0.25, 0.3) is 0 Å². The van der Waals surface area contributed by atoms with Crippen molar-refractivity contribution in [3.8, 4) is 0 Å². The van der Waals surface area contributed by atoms with Crippen LogP contribution in [0.15, 0.2) is 40.9 Å². The third-order valence-corrected chi connectivity index (χ3v) is 4.30. The maximum atomic E-state index is 13.2. The number of rotatable bonds is 3. The van der Waals surface area contributed by atoms with Gasteiger partial charge in [0.1, 0.15) is 5.82 Å². The average molecular weight is 349 g/mol. The molecule has 21 heavy (non-hydrogen) atoms. The molecule has 0 bridgehead atoms. The highest BCUT2D eigenvalue weighted by Gasteiger charge is 2.13. The minimum atomic E-state index is -0.316. The van der Waals surface area contributed by atoms with Gasteiger partial charge >= 0.3 is 0 Å². The molecule has 0 aromatic heterocycles. The number of fused-ring (bicyclic) bond motifs is 1. The summed E-state index contributed by atoms with van der Waals surface area (Å²) in [4.78, 5) is 12.2. The topological polar surface area (TPSA) is 41.1 Å². The Hall–Kier alpha value is -1.88. The molecule has 0 radical (unpaired) electrons. The zero-order valence-corrected chi connectivity index (χ0v) is 12.8. The zero-order valence-electron chi connectivity index (χ0n) is 11.2. The number of halogens is 2. The fourth-order valence-corrected chi connectivity index (χ4v) is 2.78. The third kappa shape index (κ3) is 3.08.